The van der Waals surface area contributed by atoms with E-state index in [0.717, 1.165) is 10.2 Å². The summed E-state index contributed by atoms with van der Waals surface area (Å²) in [6, 6.07) is 14.0. The number of alkyl halides is 3. The molecule has 150 valence electrons. The first-order chi connectivity index (χ1) is 13.2. The van der Waals surface area contributed by atoms with Gasteiger partial charge in [-0.15, -0.1) is 0 Å². The normalized spacial score (nSPS) is 12.0. The van der Waals surface area contributed by atoms with Crippen LogP contribution in [0, 0.1) is 0 Å². The molecule has 0 fully saturated rings. The number of halogens is 4. The lowest BCUT2D eigenvalue weighted by molar-refractivity contribution is 0.0934. The second kappa shape index (κ2) is 10.5. The van der Waals surface area contributed by atoms with Crippen molar-refractivity contribution < 1.29 is 9.53 Å². The summed E-state index contributed by atoms with van der Waals surface area (Å²) < 4.78 is 4.40. The average molecular weight is 526 g/mol. The molecule has 0 spiro atoms. The fourth-order valence-corrected chi connectivity index (χ4v) is 2.94. The Labute approximate surface area is 192 Å². The van der Waals surface area contributed by atoms with Crippen LogP contribution in [0.1, 0.15) is 17.3 Å². The maximum absolute atomic E-state index is 12.4. The zero-order valence-corrected chi connectivity index (χ0v) is 19.3. The summed E-state index contributed by atoms with van der Waals surface area (Å²) in [6.45, 7) is 2.49. The van der Waals surface area contributed by atoms with Crippen molar-refractivity contribution >= 4 is 79.7 Å². The molecule has 2 rings (SSSR count). The Hall–Kier alpha value is -1.25. The maximum Gasteiger partial charge on any atom is 0.252 e. The van der Waals surface area contributed by atoms with E-state index in [0.29, 0.717) is 17.9 Å². The SMILES string of the molecule is CCOc1ccc(NC(=S)NC(NC(=O)c2ccc(Br)cc2)C(Cl)(Cl)Cl)cc1. The first kappa shape index (κ1) is 23.0. The smallest absolute Gasteiger partial charge is 0.252 e. The lowest BCUT2D eigenvalue weighted by Crippen LogP contribution is -2.56. The molecular weight excluding hydrogens is 509 g/mol. The van der Waals surface area contributed by atoms with Crippen molar-refractivity contribution in [2.24, 2.45) is 0 Å². The van der Waals surface area contributed by atoms with E-state index in [1.54, 1.807) is 48.5 Å². The summed E-state index contributed by atoms with van der Waals surface area (Å²) in [5, 5.41) is 8.58. The van der Waals surface area contributed by atoms with Gasteiger partial charge in [0.2, 0.25) is 3.79 Å². The van der Waals surface area contributed by atoms with Crippen LogP contribution in [-0.4, -0.2) is 27.6 Å². The van der Waals surface area contributed by atoms with Crippen LogP contribution in [0.2, 0.25) is 0 Å². The highest BCUT2D eigenvalue weighted by molar-refractivity contribution is 9.10. The minimum absolute atomic E-state index is 0.177. The standard InChI is InChI=1S/C18H17BrCl3N3O2S/c1-2-27-14-9-7-13(8-10-14)23-17(28)25-16(18(20,21)22)24-15(26)11-3-5-12(19)6-4-11/h3-10,16H,2H2,1H3,(H,24,26)(H2,23,25,28). The van der Waals surface area contributed by atoms with Crippen LogP contribution in [-0.2, 0) is 0 Å². The molecule has 0 aliphatic rings. The number of benzene rings is 2. The quantitative estimate of drug-likeness (QED) is 0.273. The molecule has 1 atom stereocenters. The first-order valence-electron chi connectivity index (χ1n) is 8.12. The Kier molecular flexibility index (Phi) is 8.64. The van der Waals surface area contributed by atoms with E-state index >= 15 is 0 Å². The summed E-state index contributed by atoms with van der Waals surface area (Å²) >= 11 is 26.6. The molecule has 5 nitrogen and oxygen atoms in total. The van der Waals surface area contributed by atoms with Gasteiger partial charge in [0, 0.05) is 15.7 Å². The maximum atomic E-state index is 12.4. The molecule has 0 bridgehead atoms. The van der Waals surface area contributed by atoms with Gasteiger partial charge in [0.05, 0.1) is 6.61 Å². The van der Waals surface area contributed by atoms with E-state index in [9.17, 15) is 4.79 Å². The third-order valence-corrected chi connectivity index (χ3v) is 4.81. The van der Waals surface area contributed by atoms with Gasteiger partial charge >= 0.3 is 0 Å². The Morgan fingerprint density at radius 1 is 1.11 bits per heavy atom. The van der Waals surface area contributed by atoms with Gasteiger partial charge in [0.15, 0.2) is 5.11 Å². The zero-order valence-electron chi connectivity index (χ0n) is 14.6. The number of anilines is 1. The number of hydrogen-bond donors (Lipinski definition) is 3. The predicted molar refractivity (Wildman–Crippen MR) is 123 cm³/mol. The van der Waals surface area contributed by atoms with Crippen LogP contribution in [0.5, 0.6) is 5.75 Å². The Bertz CT molecular complexity index is 814. The van der Waals surface area contributed by atoms with Gasteiger partial charge in [0.25, 0.3) is 5.91 Å². The number of thiocarbonyl (C=S) groups is 1. The van der Waals surface area contributed by atoms with Crippen molar-refractivity contribution in [1.29, 1.82) is 0 Å². The number of amides is 1. The van der Waals surface area contributed by atoms with Crippen molar-refractivity contribution in [2.75, 3.05) is 11.9 Å². The topological polar surface area (TPSA) is 62.4 Å². The highest BCUT2D eigenvalue weighted by Crippen LogP contribution is 2.29. The molecule has 1 unspecified atom stereocenters. The van der Waals surface area contributed by atoms with Crippen LogP contribution >= 0.6 is 63.0 Å². The molecule has 0 aliphatic heterocycles. The minimum Gasteiger partial charge on any atom is -0.494 e. The van der Waals surface area contributed by atoms with Gasteiger partial charge in [0.1, 0.15) is 11.9 Å². The van der Waals surface area contributed by atoms with Gasteiger partial charge in [-0.25, -0.2) is 0 Å². The number of carbonyl (C=O) groups excluding carboxylic acids is 1. The highest BCUT2D eigenvalue weighted by atomic mass is 79.9. The number of nitrogens with one attached hydrogen (secondary N) is 3. The van der Waals surface area contributed by atoms with Crippen molar-refractivity contribution in [1.82, 2.24) is 10.6 Å². The first-order valence-corrected chi connectivity index (χ1v) is 10.5. The molecule has 2 aromatic carbocycles. The number of carbonyl (C=O) groups is 1. The molecular formula is C18H17BrCl3N3O2S. The highest BCUT2D eigenvalue weighted by Gasteiger charge is 2.34. The van der Waals surface area contributed by atoms with E-state index in [1.165, 1.54) is 0 Å². The van der Waals surface area contributed by atoms with Gasteiger partial charge in [-0.3, -0.25) is 4.79 Å². The van der Waals surface area contributed by atoms with E-state index in [1.807, 2.05) is 6.92 Å². The largest absolute Gasteiger partial charge is 0.494 e. The van der Waals surface area contributed by atoms with Gasteiger partial charge < -0.3 is 20.7 Å². The minimum atomic E-state index is -1.84. The molecule has 10 heteroatoms. The molecule has 0 aliphatic carbocycles. The molecule has 28 heavy (non-hydrogen) atoms. The van der Waals surface area contributed by atoms with E-state index < -0.39 is 15.9 Å². The monoisotopic (exact) mass is 523 g/mol. The third-order valence-electron chi connectivity index (χ3n) is 3.41. The van der Waals surface area contributed by atoms with Crippen LogP contribution in [0.25, 0.3) is 0 Å². The third kappa shape index (κ3) is 7.29. The van der Waals surface area contributed by atoms with Crippen LogP contribution in [0.3, 0.4) is 0 Å². The van der Waals surface area contributed by atoms with Crippen molar-refractivity contribution in [2.45, 2.75) is 16.9 Å². The Morgan fingerprint density at radius 3 is 2.25 bits per heavy atom. The summed E-state index contributed by atoms with van der Waals surface area (Å²) in [5.74, 6) is 0.327. The van der Waals surface area contributed by atoms with E-state index in [2.05, 4.69) is 31.9 Å². The molecule has 0 saturated carbocycles. The van der Waals surface area contributed by atoms with Crippen molar-refractivity contribution in [3.05, 3.63) is 58.6 Å². The molecule has 2 aromatic rings. The van der Waals surface area contributed by atoms with E-state index in [4.69, 9.17) is 51.8 Å². The summed E-state index contributed by atoms with van der Waals surface area (Å²) in [6.07, 6.45) is -1.06. The van der Waals surface area contributed by atoms with Crippen molar-refractivity contribution in [3.63, 3.8) is 0 Å². The Morgan fingerprint density at radius 2 is 1.71 bits per heavy atom. The molecule has 0 radical (unpaired) electrons. The summed E-state index contributed by atoms with van der Waals surface area (Å²) in [4.78, 5) is 12.4. The molecule has 1 amide bonds. The predicted octanol–water partition coefficient (Wildman–Crippen LogP) is 5.26. The van der Waals surface area contributed by atoms with Gasteiger partial charge in [-0.1, -0.05) is 50.7 Å². The van der Waals surface area contributed by atoms with Gasteiger partial charge in [-0.05, 0) is 67.7 Å². The van der Waals surface area contributed by atoms with Crippen LogP contribution in [0.4, 0.5) is 5.69 Å². The van der Waals surface area contributed by atoms with Crippen LogP contribution in [0.15, 0.2) is 53.0 Å². The fraction of sp³-hybridized carbons (Fsp3) is 0.222. The molecule has 3 N–H and O–H groups in total. The zero-order chi connectivity index (χ0) is 20.7. The summed E-state index contributed by atoms with van der Waals surface area (Å²) in [5.41, 5.74) is 1.12. The molecule has 0 saturated heterocycles. The van der Waals surface area contributed by atoms with Gasteiger partial charge in [-0.2, -0.15) is 0 Å². The van der Waals surface area contributed by atoms with Crippen LogP contribution < -0.4 is 20.7 Å². The average Bonchev–Trinajstić information content (AvgIpc) is 2.62. The lowest BCUT2D eigenvalue weighted by Gasteiger charge is -2.27. The molecule has 0 heterocycles. The Balaban J connectivity index is 2.01. The number of ether oxygens (including phenoxy) is 1. The number of rotatable bonds is 6. The second-order valence-corrected chi connectivity index (χ2v) is 9.20. The fourth-order valence-electron chi connectivity index (χ4n) is 2.11. The number of hydrogen-bond acceptors (Lipinski definition) is 3. The second-order valence-electron chi connectivity index (χ2n) is 5.51. The molecule has 0 aromatic heterocycles. The van der Waals surface area contributed by atoms with E-state index in [-0.39, 0.29) is 5.11 Å². The lowest BCUT2D eigenvalue weighted by atomic mass is 10.2. The summed E-state index contributed by atoms with van der Waals surface area (Å²) in [7, 11) is 0. The van der Waals surface area contributed by atoms with Crippen molar-refractivity contribution in [3.8, 4) is 5.75 Å².